The van der Waals surface area contributed by atoms with Gasteiger partial charge in [-0.3, -0.25) is 4.79 Å². The zero-order chi connectivity index (χ0) is 15.7. The summed E-state index contributed by atoms with van der Waals surface area (Å²) in [5, 5.41) is 12.8. The molecule has 2 unspecified atom stereocenters. The highest BCUT2D eigenvalue weighted by molar-refractivity contribution is 5.88. The van der Waals surface area contributed by atoms with Crippen LogP contribution < -0.4 is 5.32 Å². The van der Waals surface area contributed by atoms with Gasteiger partial charge in [-0.1, -0.05) is 31.0 Å². The van der Waals surface area contributed by atoms with Crippen molar-refractivity contribution in [2.24, 2.45) is 5.92 Å². The van der Waals surface area contributed by atoms with Gasteiger partial charge in [-0.15, -0.1) is 0 Å². The largest absolute Gasteiger partial charge is 0.480 e. The number of carbonyl (C=O) groups excluding carboxylic acids is 1. The Morgan fingerprint density at radius 2 is 2.09 bits per heavy atom. The summed E-state index contributed by atoms with van der Waals surface area (Å²) in [6.07, 6.45) is 2.62. The Labute approximate surface area is 128 Å². The lowest BCUT2D eigenvalue weighted by atomic mass is 10.1. The summed E-state index contributed by atoms with van der Waals surface area (Å²) in [5.41, 5.74) is 0.727. The van der Waals surface area contributed by atoms with Crippen LogP contribution >= 0.6 is 0 Å². The Bertz CT molecular complexity index is 669. The Hall–Kier alpha value is -2.30. The molecule has 5 heteroatoms. The maximum absolute atomic E-state index is 12.3. The van der Waals surface area contributed by atoms with Crippen LogP contribution in [0, 0.1) is 5.92 Å². The molecule has 0 spiro atoms. The third-order valence-electron chi connectivity index (χ3n) is 4.15. The molecular weight excluding hydrogens is 282 g/mol. The molecule has 1 aliphatic rings. The van der Waals surface area contributed by atoms with Gasteiger partial charge in [0.25, 0.3) is 0 Å². The van der Waals surface area contributed by atoms with Crippen molar-refractivity contribution in [3.8, 4) is 0 Å². The average Bonchev–Trinajstić information content (AvgIpc) is 3.21. The van der Waals surface area contributed by atoms with Gasteiger partial charge in [-0.05, 0) is 31.4 Å². The number of rotatable bonds is 6. The Balaban J connectivity index is 1.71. The molecule has 0 bridgehead atoms. The second kappa shape index (κ2) is 5.83. The van der Waals surface area contributed by atoms with Gasteiger partial charge in [0.15, 0.2) is 0 Å². The van der Waals surface area contributed by atoms with Crippen LogP contribution in [-0.4, -0.2) is 23.0 Å². The lowest BCUT2D eigenvalue weighted by Gasteiger charge is -2.16. The quantitative estimate of drug-likeness (QED) is 0.859. The Morgan fingerprint density at radius 3 is 2.73 bits per heavy atom. The minimum Gasteiger partial charge on any atom is -0.480 e. The molecule has 1 amide bonds. The second-order valence-electron chi connectivity index (χ2n) is 5.99. The monoisotopic (exact) mass is 301 g/mol. The number of amides is 1. The van der Waals surface area contributed by atoms with E-state index in [0.717, 1.165) is 23.8 Å². The van der Waals surface area contributed by atoms with Crippen molar-refractivity contribution in [3.05, 3.63) is 36.1 Å². The number of nitrogens with one attached hydrogen (secondary N) is 1. The normalized spacial score (nSPS) is 17.1. The number of benzene rings is 1. The van der Waals surface area contributed by atoms with Crippen molar-refractivity contribution in [2.75, 3.05) is 0 Å². The summed E-state index contributed by atoms with van der Waals surface area (Å²) in [7, 11) is 0. The first-order valence-corrected chi connectivity index (χ1v) is 7.56. The number of para-hydroxylation sites is 1. The van der Waals surface area contributed by atoms with E-state index < -0.39 is 17.9 Å². The molecule has 2 aromatic rings. The highest BCUT2D eigenvalue weighted by Gasteiger charge is 2.31. The molecule has 5 nitrogen and oxygen atoms in total. The first-order valence-electron chi connectivity index (χ1n) is 7.56. The van der Waals surface area contributed by atoms with Gasteiger partial charge in [0.2, 0.25) is 5.91 Å². The summed E-state index contributed by atoms with van der Waals surface area (Å²) in [6.45, 7) is 1.73. The smallest absolute Gasteiger partial charge is 0.326 e. The van der Waals surface area contributed by atoms with Crippen LogP contribution in [0.25, 0.3) is 11.0 Å². The SMILES string of the molecule is CC(C(=O)NC(CC1CC1)C(=O)O)c1cc2ccccc2o1. The topological polar surface area (TPSA) is 79.5 Å². The molecule has 2 N–H and O–H groups in total. The van der Waals surface area contributed by atoms with Gasteiger partial charge >= 0.3 is 5.97 Å². The molecule has 0 aliphatic heterocycles. The van der Waals surface area contributed by atoms with Crippen molar-refractivity contribution in [1.29, 1.82) is 0 Å². The van der Waals surface area contributed by atoms with Crippen LogP contribution in [0.3, 0.4) is 0 Å². The van der Waals surface area contributed by atoms with E-state index >= 15 is 0 Å². The van der Waals surface area contributed by atoms with E-state index in [4.69, 9.17) is 4.42 Å². The van der Waals surface area contributed by atoms with Gasteiger partial charge in [0.05, 0.1) is 5.92 Å². The van der Waals surface area contributed by atoms with Crippen molar-refractivity contribution in [1.82, 2.24) is 5.32 Å². The summed E-state index contributed by atoms with van der Waals surface area (Å²) in [5.74, 6) is -0.824. The number of aliphatic carboxylic acids is 1. The van der Waals surface area contributed by atoms with E-state index in [1.165, 1.54) is 0 Å². The average molecular weight is 301 g/mol. The van der Waals surface area contributed by atoms with E-state index in [2.05, 4.69) is 5.32 Å². The van der Waals surface area contributed by atoms with Crippen molar-refractivity contribution in [2.45, 2.75) is 38.1 Å². The van der Waals surface area contributed by atoms with Crippen LogP contribution in [0.15, 0.2) is 34.7 Å². The third kappa shape index (κ3) is 3.13. The standard InChI is InChI=1S/C17H19NO4/c1-10(15-9-12-4-2-3-5-14(12)22-15)16(19)18-13(17(20)21)8-11-6-7-11/h2-5,9-11,13H,6-8H2,1H3,(H,18,19)(H,20,21). The Kier molecular flexibility index (Phi) is 3.88. The van der Waals surface area contributed by atoms with E-state index in [1.54, 1.807) is 6.92 Å². The fourth-order valence-electron chi connectivity index (χ4n) is 2.55. The summed E-state index contributed by atoms with van der Waals surface area (Å²) in [6, 6.07) is 8.55. The molecule has 3 rings (SSSR count). The molecular formula is C17H19NO4. The summed E-state index contributed by atoms with van der Waals surface area (Å²) < 4.78 is 5.68. The van der Waals surface area contributed by atoms with Gasteiger partial charge in [-0.2, -0.15) is 0 Å². The minimum absolute atomic E-state index is 0.313. The van der Waals surface area contributed by atoms with Crippen LogP contribution in [0.4, 0.5) is 0 Å². The number of hydrogen-bond donors (Lipinski definition) is 2. The van der Waals surface area contributed by atoms with E-state index in [-0.39, 0.29) is 5.91 Å². The second-order valence-corrected chi connectivity index (χ2v) is 5.99. The molecule has 1 aliphatic carbocycles. The molecule has 0 saturated heterocycles. The predicted octanol–water partition coefficient (Wildman–Crippen LogP) is 2.91. The molecule has 1 saturated carbocycles. The van der Waals surface area contributed by atoms with Gasteiger partial charge in [0.1, 0.15) is 17.4 Å². The van der Waals surface area contributed by atoms with Crippen molar-refractivity contribution in [3.63, 3.8) is 0 Å². The first kappa shape index (κ1) is 14.6. The molecule has 22 heavy (non-hydrogen) atoms. The lowest BCUT2D eigenvalue weighted by Crippen LogP contribution is -2.42. The molecule has 1 fully saturated rings. The number of carbonyl (C=O) groups is 2. The number of hydrogen-bond acceptors (Lipinski definition) is 3. The summed E-state index contributed by atoms with van der Waals surface area (Å²) >= 11 is 0. The lowest BCUT2D eigenvalue weighted by molar-refractivity contribution is -0.142. The van der Waals surface area contributed by atoms with E-state index in [1.807, 2.05) is 30.3 Å². The minimum atomic E-state index is -0.975. The van der Waals surface area contributed by atoms with Crippen LogP contribution in [0.2, 0.25) is 0 Å². The fourth-order valence-corrected chi connectivity index (χ4v) is 2.55. The van der Waals surface area contributed by atoms with Gasteiger partial charge in [0, 0.05) is 5.39 Å². The number of carboxylic acid groups (broad SMARTS) is 1. The summed E-state index contributed by atoms with van der Waals surface area (Å²) in [4.78, 5) is 23.6. The maximum atomic E-state index is 12.3. The molecule has 1 heterocycles. The van der Waals surface area contributed by atoms with Gasteiger partial charge < -0.3 is 14.8 Å². The number of carboxylic acids is 1. The zero-order valence-corrected chi connectivity index (χ0v) is 12.4. The highest BCUT2D eigenvalue weighted by atomic mass is 16.4. The molecule has 116 valence electrons. The third-order valence-corrected chi connectivity index (χ3v) is 4.15. The van der Waals surface area contributed by atoms with Crippen LogP contribution in [0.1, 0.15) is 37.9 Å². The zero-order valence-electron chi connectivity index (χ0n) is 12.4. The Morgan fingerprint density at radius 1 is 1.36 bits per heavy atom. The molecule has 2 atom stereocenters. The first-order chi connectivity index (χ1) is 10.5. The molecule has 0 radical (unpaired) electrons. The maximum Gasteiger partial charge on any atom is 0.326 e. The van der Waals surface area contributed by atoms with E-state index in [9.17, 15) is 14.7 Å². The van der Waals surface area contributed by atoms with Crippen LogP contribution in [0.5, 0.6) is 0 Å². The predicted molar refractivity (Wildman–Crippen MR) is 81.5 cm³/mol. The number of furan rings is 1. The van der Waals surface area contributed by atoms with Crippen LogP contribution in [-0.2, 0) is 9.59 Å². The van der Waals surface area contributed by atoms with E-state index in [0.29, 0.717) is 18.1 Å². The molecule has 1 aromatic heterocycles. The highest BCUT2D eigenvalue weighted by Crippen LogP contribution is 2.33. The van der Waals surface area contributed by atoms with Crippen molar-refractivity contribution >= 4 is 22.8 Å². The van der Waals surface area contributed by atoms with Gasteiger partial charge in [-0.25, -0.2) is 4.79 Å². The fraction of sp³-hybridized carbons (Fsp3) is 0.412. The van der Waals surface area contributed by atoms with Crippen molar-refractivity contribution < 1.29 is 19.1 Å². The number of fused-ring (bicyclic) bond motifs is 1. The molecule has 1 aromatic carbocycles.